The molecule has 0 saturated carbocycles. The predicted molar refractivity (Wildman–Crippen MR) is 57.8 cm³/mol. The maximum absolute atomic E-state index is 10.6. The number of carbonyl (C=O) groups is 1. The number of rotatable bonds is 4. The average molecular weight is 275 g/mol. The first-order chi connectivity index (χ1) is 7.04. The molecule has 0 aromatic carbocycles. The zero-order chi connectivity index (χ0) is 11.4. The molecule has 1 aromatic rings. The number of aromatic nitrogens is 1. The smallest absolute Gasteiger partial charge is 0.320 e. The van der Waals surface area contributed by atoms with Crippen LogP contribution in [0, 0.1) is 0 Å². The molecule has 82 valence electrons. The van der Waals surface area contributed by atoms with Gasteiger partial charge in [0, 0.05) is 22.7 Å². The lowest BCUT2D eigenvalue weighted by molar-refractivity contribution is -0.138. The lowest BCUT2D eigenvalue weighted by atomic mass is 10.1. The second kappa shape index (κ2) is 5.09. The Labute approximate surface area is 95.4 Å². The van der Waals surface area contributed by atoms with Crippen molar-refractivity contribution >= 4 is 21.9 Å². The number of carboxylic acid groups (broad SMARTS) is 1. The highest BCUT2D eigenvalue weighted by atomic mass is 79.9. The van der Waals surface area contributed by atoms with E-state index in [1.165, 1.54) is 7.11 Å². The molecule has 1 heterocycles. The molecule has 1 unspecified atom stereocenters. The molecule has 0 radical (unpaired) electrons. The highest BCUT2D eigenvalue weighted by Crippen LogP contribution is 2.20. The number of pyridine rings is 1. The number of hydrogen-bond acceptors (Lipinski definition) is 4. The van der Waals surface area contributed by atoms with Gasteiger partial charge < -0.3 is 15.6 Å². The van der Waals surface area contributed by atoms with Crippen molar-refractivity contribution in [2.45, 2.75) is 12.5 Å². The normalized spacial score (nSPS) is 12.2. The molecule has 0 bridgehead atoms. The van der Waals surface area contributed by atoms with Gasteiger partial charge in [-0.3, -0.25) is 4.79 Å². The van der Waals surface area contributed by atoms with Crippen LogP contribution in [-0.2, 0) is 11.2 Å². The van der Waals surface area contributed by atoms with Gasteiger partial charge in [0.25, 0.3) is 0 Å². The third-order valence-electron chi connectivity index (χ3n) is 1.84. The number of carboxylic acids is 1. The zero-order valence-electron chi connectivity index (χ0n) is 8.11. The molecular formula is C9H11BrN2O3. The Hall–Kier alpha value is -1.14. The van der Waals surface area contributed by atoms with E-state index in [9.17, 15) is 4.79 Å². The summed E-state index contributed by atoms with van der Waals surface area (Å²) < 4.78 is 5.76. The van der Waals surface area contributed by atoms with E-state index in [0.717, 1.165) is 4.47 Å². The van der Waals surface area contributed by atoms with Gasteiger partial charge in [-0.25, -0.2) is 4.98 Å². The molecule has 3 N–H and O–H groups in total. The molecule has 0 spiro atoms. The van der Waals surface area contributed by atoms with Crippen molar-refractivity contribution in [3.05, 3.63) is 22.3 Å². The Kier molecular flexibility index (Phi) is 4.05. The van der Waals surface area contributed by atoms with Crippen molar-refractivity contribution in [3.63, 3.8) is 0 Å². The molecule has 0 fully saturated rings. The number of hydrogen-bond donors (Lipinski definition) is 2. The molecular weight excluding hydrogens is 264 g/mol. The van der Waals surface area contributed by atoms with Crippen LogP contribution in [0.1, 0.15) is 5.56 Å². The van der Waals surface area contributed by atoms with Crippen molar-refractivity contribution in [3.8, 4) is 5.88 Å². The van der Waals surface area contributed by atoms with Crippen LogP contribution in [0.4, 0.5) is 0 Å². The first-order valence-electron chi connectivity index (χ1n) is 4.21. The van der Waals surface area contributed by atoms with E-state index < -0.39 is 12.0 Å². The van der Waals surface area contributed by atoms with Crippen molar-refractivity contribution in [2.75, 3.05) is 7.11 Å². The number of aliphatic carboxylic acids is 1. The third kappa shape index (κ3) is 3.17. The third-order valence-corrected chi connectivity index (χ3v) is 2.28. The summed E-state index contributed by atoms with van der Waals surface area (Å²) in [5.74, 6) is -0.646. The maximum Gasteiger partial charge on any atom is 0.320 e. The molecule has 0 amide bonds. The minimum atomic E-state index is -1.04. The van der Waals surface area contributed by atoms with Crippen LogP contribution >= 0.6 is 15.9 Å². The van der Waals surface area contributed by atoms with Gasteiger partial charge in [-0.05, 0) is 22.0 Å². The summed E-state index contributed by atoms with van der Waals surface area (Å²) in [6, 6.07) is 0.796. The summed E-state index contributed by atoms with van der Waals surface area (Å²) in [6.07, 6.45) is 1.76. The van der Waals surface area contributed by atoms with E-state index in [-0.39, 0.29) is 6.42 Å². The van der Waals surface area contributed by atoms with Gasteiger partial charge >= 0.3 is 5.97 Å². The predicted octanol–water partition coefficient (Wildman–Crippen LogP) is 0.807. The fraction of sp³-hybridized carbons (Fsp3) is 0.333. The van der Waals surface area contributed by atoms with Crippen LogP contribution in [0.3, 0.4) is 0 Å². The second-order valence-corrected chi connectivity index (χ2v) is 3.89. The Morgan fingerprint density at radius 2 is 2.47 bits per heavy atom. The van der Waals surface area contributed by atoms with E-state index >= 15 is 0 Å². The van der Waals surface area contributed by atoms with E-state index in [0.29, 0.717) is 11.4 Å². The molecule has 0 aliphatic carbocycles. The van der Waals surface area contributed by atoms with Gasteiger partial charge in [0.2, 0.25) is 5.88 Å². The molecule has 6 heteroatoms. The van der Waals surface area contributed by atoms with E-state index in [4.69, 9.17) is 15.6 Å². The lowest BCUT2D eigenvalue weighted by Crippen LogP contribution is -2.32. The SMILES string of the molecule is COc1ncc(Br)cc1CC(N)C(=O)O. The zero-order valence-corrected chi connectivity index (χ0v) is 9.69. The van der Waals surface area contributed by atoms with Crippen molar-refractivity contribution in [1.82, 2.24) is 4.98 Å². The number of halogens is 1. The quantitative estimate of drug-likeness (QED) is 0.849. The average Bonchev–Trinajstić information content (AvgIpc) is 2.18. The summed E-state index contributed by atoms with van der Waals surface area (Å²) in [7, 11) is 1.48. The minimum Gasteiger partial charge on any atom is -0.481 e. The highest BCUT2D eigenvalue weighted by molar-refractivity contribution is 9.10. The summed E-state index contributed by atoms with van der Waals surface area (Å²) >= 11 is 3.25. The monoisotopic (exact) mass is 274 g/mol. The van der Waals surface area contributed by atoms with Gasteiger partial charge in [0.05, 0.1) is 7.11 Å². The number of nitrogens with two attached hydrogens (primary N) is 1. The van der Waals surface area contributed by atoms with Gasteiger partial charge in [-0.15, -0.1) is 0 Å². The first kappa shape index (κ1) is 11.9. The van der Waals surface area contributed by atoms with E-state index in [2.05, 4.69) is 20.9 Å². The lowest BCUT2D eigenvalue weighted by Gasteiger charge is -2.10. The number of ether oxygens (including phenoxy) is 1. The Morgan fingerprint density at radius 3 is 3.00 bits per heavy atom. The van der Waals surface area contributed by atoms with Gasteiger partial charge in [0.1, 0.15) is 6.04 Å². The molecule has 15 heavy (non-hydrogen) atoms. The van der Waals surface area contributed by atoms with Crippen LogP contribution in [0.5, 0.6) is 5.88 Å². The second-order valence-electron chi connectivity index (χ2n) is 2.97. The summed E-state index contributed by atoms with van der Waals surface area (Å²) in [6.45, 7) is 0. The fourth-order valence-electron chi connectivity index (χ4n) is 1.12. The molecule has 5 nitrogen and oxygen atoms in total. The fourth-order valence-corrected chi connectivity index (χ4v) is 1.50. The Balaban J connectivity index is 2.91. The standard InChI is InChI=1S/C9H11BrN2O3/c1-15-8-5(2-6(10)4-12-8)3-7(11)9(13)14/h2,4,7H,3,11H2,1H3,(H,13,14). The topological polar surface area (TPSA) is 85.4 Å². The van der Waals surface area contributed by atoms with Crippen LogP contribution in [-0.4, -0.2) is 29.2 Å². The molecule has 1 atom stereocenters. The Bertz CT molecular complexity index is 370. The van der Waals surface area contributed by atoms with Crippen LogP contribution < -0.4 is 10.5 Å². The summed E-state index contributed by atoms with van der Waals surface area (Å²) in [4.78, 5) is 14.6. The van der Waals surface area contributed by atoms with Crippen molar-refractivity contribution < 1.29 is 14.6 Å². The minimum absolute atomic E-state index is 0.185. The van der Waals surface area contributed by atoms with E-state index in [1.54, 1.807) is 12.3 Å². The molecule has 1 aromatic heterocycles. The molecule has 0 aliphatic rings. The number of nitrogens with zero attached hydrogens (tertiary/aromatic N) is 1. The number of methoxy groups -OCH3 is 1. The van der Waals surface area contributed by atoms with Crippen molar-refractivity contribution in [1.29, 1.82) is 0 Å². The molecule has 0 saturated heterocycles. The van der Waals surface area contributed by atoms with Gasteiger partial charge in [0.15, 0.2) is 0 Å². The van der Waals surface area contributed by atoms with Crippen LogP contribution in [0.25, 0.3) is 0 Å². The molecule has 0 aliphatic heterocycles. The van der Waals surface area contributed by atoms with Crippen LogP contribution in [0.2, 0.25) is 0 Å². The highest BCUT2D eigenvalue weighted by Gasteiger charge is 2.15. The summed E-state index contributed by atoms with van der Waals surface area (Å²) in [5.41, 5.74) is 6.09. The largest absolute Gasteiger partial charge is 0.481 e. The van der Waals surface area contributed by atoms with Crippen LogP contribution in [0.15, 0.2) is 16.7 Å². The van der Waals surface area contributed by atoms with E-state index in [1.807, 2.05) is 0 Å². The van der Waals surface area contributed by atoms with Crippen molar-refractivity contribution in [2.24, 2.45) is 5.73 Å². The van der Waals surface area contributed by atoms with Gasteiger partial charge in [-0.2, -0.15) is 0 Å². The summed E-state index contributed by atoms with van der Waals surface area (Å²) in [5, 5.41) is 8.68. The molecule has 1 rings (SSSR count). The van der Waals surface area contributed by atoms with Gasteiger partial charge in [-0.1, -0.05) is 0 Å². The Morgan fingerprint density at radius 1 is 1.80 bits per heavy atom. The maximum atomic E-state index is 10.6. The first-order valence-corrected chi connectivity index (χ1v) is 5.00.